The monoisotopic (exact) mass is 357 g/mol. The molecule has 1 atom stereocenters. The molecule has 1 aliphatic rings. The molecule has 1 saturated heterocycles. The van der Waals surface area contributed by atoms with E-state index in [0.717, 1.165) is 10.0 Å². The summed E-state index contributed by atoms with van der Waals surface area (Å²) in [6.45, 7) is 5.93. The lowest BCUT2D eigenvalue weighted by Gasteiger charge is -2.25. The van der Waals surface area contributed by atoms with Crippen LogP contribution in [0.25, 0.3) is 0 Å². The number of carbonyl (C=O) groups is 1. The fourth-order valence-corrected chi connectivity index (χ4v) is 2.69. The third kappa shape index (κ3) is 4.70. The zero-order valence-corrected chi connectivity index (χ0v) is 14.2. The number of nitrogens with zero attached hydrogens (tertiary/aromatic N) is 1. The van der Waals surface area contributed by atoms with Crippen molar-refractivity contribution in [3.63, 3.8) is 0 Å². The first-order valence-corrected chi connectivity index (χ1v) is 7.87. The Hall–Kier alpha value is -1.10. The van der Waals surface area contributed by atoms with Gasteiger partial charge in [0.25, 0.3) is 0 Å². The van der Waals surface area contributed by atoms with Crippen LogP contribution in [-0.4, -0.2) is 35.4 Å². The molecule has 0 radical (unpaired) electrons. The molecule has 1 aromatic carbocycles. The number of ether oxygens (including phenoxy) is 1. The molecular formula is C16H21BrFNO2. The number of hydrogen-bond donors (Lipinski definition) is 0. The van der Waals surface area contributed by atoms with Crippen molar-refractivity contribution in [1.29, 1.82) is 0 Å². The van der Waals surface area contributed by atoms with Crippen LogP contribution in [0.2, 0.25) is 0 Å². The van der Waals surface area contributed by atoms with E-state index in [1.54, 1.807) is 0 Å². The summed E-state index contributed by atoms with van der Waals surface area (Å²) in [5.41, 5.74) is -0.985. The molecule has 0 N–H and O–H groups in total. The van der Waals surface area contributed by atoms with Crippen molar-refractivity contribution in [3.8, 4) is 0 Å². The Morgan fingerprint density at radius 3 is 2.57 bits per heavy atom. The summed E-state index contributed by atoms with van der Waals surface area (Å²) in [7, 11) is 0. The van der Waals surface area contributed by atoms with E-state index in [1.807, 2.05) is 45.0 Å². The van der Waals surface area contributed by atoms with E-state index in [0.29, 0.717) is 19.4 Å². The van der Waals surface area contributed by atoms with Gasteiger partial charge in [0.15, 0.2) is 0 Å². The second kappa shape index (κ2) is 5.95. The zero-order valence-electron chi connectivity index (χ0n) is 12.7. The Morgan fingerprint density at radius 1 is 1.38 bits per heavy atom. The highest BCUT2D eigenvalue weighted by molar-refractivity contribution is 9.10. The van der Waals surface area contributed by atoms with E-state index in [1.165, 1.54) is 4.90 Å². The molecular weight excluding hydrogens is 337 g/mol. The van der Waals surface area contributed by atoms with Crippen LogP contribution in [0.15, 0.2) is 28.7 Å². The van der Waals surface area contributed by atoms with Crippen LogP contribution in [0.4, 0.5) is 9.18 Å². The largest absolute Gasteiger partial charge is 0.444 e. The predicted molar refractivity (Wildman–Crippen MR) is 84.1 cm³/mol. The van der Waals surface area contributed by atoms with Crippen molar-refractivity contribution in [2.75, 3.05) is 13.1 Å². The minimum absolute atomic E-state index is 0.0952. The van der Waals surface area contributed by atoms with Gasteiger partial charge in [-0.3, -0.25) is 0 Å². The average molecular weight is 358 g/mol. The maximum absolute atomic E-state index is 14.9. The summed E-state index contributed by atoms with van der Waals surface area (Å²) < 4.78 is 21.1. The van der Waals surface area contributed by atoms with Crippen LogP contribution in [0.5, 0.6) is 0 Å². The lowest BCUT2D eigenvalue weighted by atomic mass is 9.96. The molecule has 0 aromatic heterocycles. The molecule has 1 fully saturated rings. The van der Waals surface area contributed by atoms with Crippen LogP contribution in [0.1, 0.15) is 32.8 Å². The standard InChI is InChI=1S/C16H21BrFNO2/c1-15(2,3)21-14(20)19-9-8-16(18,11-19)10-12-4-6-13(17)7-5-12/h4-7H,8-11H2,1-3H3/t16-/m1/s1. The molecule has 2 rings (SSSR count). The summed E-state index contributed by atoms with van der Waals surface area (Å²) >= 11 is 3.36. The Balaban J connectivity index is 1.96. The fraction of sp³-hybridized carbons (Fsp3) is 0.562. The zero-order chi connectivity index (χ0) is 15.7. The third-order valence-electron chi connectivity index (χ3n) is 3.39. The van der Waals surface area contributed by atoms with Crippen molar-refractivity contribution >= 4 is 22.0 Å². The van der Waals surface area contributed by atoms with E-state index in [-0.39, 0.29) is 6.54 Å². The molecule has 5 heteroatoms. The molecule has 1 amide bonds. The number of amides is 1. The molecule has 0 unspecified atom stereocenters. The van der Waals surface area contributed by atoms with Gasteiger partial charge in [0.2, 0.25) is 0 Å². The Kier molecular flexibility index (Phi) is 4.61. The van der Waals surface area contributed by atoms with Gasteiger partial charge in [-0.2, -0.15) is 0 Å². The van der Waals surface area contributed by atoms with Gasteiger partial charge < -0.3 is 9.64 Å². The highest BCUT2D eigenvalue weighted by Gasteiger charge is 2.41. The van der Waals surface area contributed by atoms with E-state index in [4.69, 9.17) is 4.74 Å². The molecule has 116 valence electrons. The van der Waals surface area contributed by atoms with Gasteiger partial charge >= 0.3 is 6.09 Å². The maximum Gasteiger partial charge on any atom is 0.410 e. The summed E-state index contributed by atoms with van der Waals surface area (Å²) in [6.07, 6.45) is 0.236. The second-order valence-corrected chi connectivity index (χ2v) is 7.52. The van der Waals surface area contributed by atoms with Gasteiger partial charge in [-0.15, -0.1) is 0 Å². The van der Waals surface area contributed by atoms with Crippen LogP contribution in [-0.2, 0) is 11.2 Å². The normalized spacial score (nSPS) is 22.4. The van der Waals surface area contributed by atoms with Gasteiger partial charge in [0, 0.05) is 23.9 Å². The first-order valence-electron chi connectivity index (χ1n) is 7.08. The molecule has 0 saturated carbocycles. The third-order valence-corrected chi connectivity index (χ3v) is 3.92. The lowest BCUT2D eigenvalue weighted by molar-refractivity contribution is 0.0258. The SMILES string of the molecule is CC(C)(C)OC(=O)N1CC[C@@](F)(Cc2ccc(Br)cc2)C1. The van der Waals surface area contributed by atoms with Crippen LogP contribution < -0.4 is 0 Å². The lowest BCUT2D eigenvalue weighted by Crippen LogP contribution is -2.38. The highest BCUT2D eigenvalue weighted by atomic mass is 79.9. The molecule has 21 heavy (non-hydrogen) atoms. The molecule has 1 heterocycles. The molecule has 1 aromatic rings. The van der Waals surface area contributed by atoms with Crippen LogP contribution in [0, 0.1) is 0 Å². The van der Waals surface area contributed by atoms with E-state index >= 15 is 0 Å². The highest BCUT2D eigenvalue weighted by Crippen LogP contribution is 2.30. The van der Waals surface area contributed by atoms with Gasteiger partial charge in [0.05, 0.1) is 6.54 Å². The quantitative estimate of drug-likeness (QED) is 0.787. The molecule has 1 aliphatic heterocycles. The number of benzene rings is 1. The summed E-state index contributed by atoms with van der Waals surface area (Å²) in [5.74, 6) is 0. The number of alkyl halides is 1. The summed E-state index contributed by atoms with van der Waals surface area (Å²) in [5, 5.41) is 0. The number of likely N-dealkylation sites (tertiary alicyclic amines) is 1. The van der Waals surface area contributed by atoms with Crippen molar-refractivity contribution < 1.29 is 13.9 Å². The van der Waals surface area contributed by atoms with Crippen molar-refractivity contribution in [1.82, 2.24) is 4.90 Å². The maximum atomic E-state index is 14.9. The smallest absolute Gasteiger partial charge is 0.410 e. The molecule has 3 nitrogen and oxygen atoms in total. The first kappa shape index (κ1) is 16.3. The first-order chi connectivity index (χ1) is 9.67. The molecule has 0 spiro atoms. The minimum atomic E-state index is -1.37. The Labute approximate surface area is 133 Å². The topological polar surface area (TPSA) is 29.5 Å². The average Bonchev–Trinajstić information content (AvgIpc) is 2.73. The molecule has 0 bridgehead atoms. The Morgan fingerprint density at radius 2 is 2.00 bits per heavy atom. The summed E-state index contributed by atoms with van der Waals surface area (Å²) in [6, 6.07) is 7.61. The molecule has 0 aliphatic carbocycles. The van der Waals surface area contributed by atoms with E-state index < -0.39 is 17.4 Å². The number of carbonyl (C=O) groups excluding carboxylic acids is 1. The van der Waals surface area contributed by atoms with Crippen molar-refractivity contribution in [3.05, 3.63) is 34.3 Å². The Bertz CT molecular complexity index is 512. The van der Waals surface area contributed by atoms with Crippen LogP contribution >= 0.6 is 15.9 Å². The van der Waals surface area contributed by atoms with Crippen LogP contribution in [0.3, 0.4) is 0 Å². The fourth-order valence-electron chi connectivity index (χ4n) is 2.43. The van der Waals surface area contributed by atoms with Gasteiger partial charge in [-0.1, -0.05) is 28.1 Å². The number of hydrogen-bond acceptors (Lipinski definition) is 2. The second-order valence-electron chi connectivity index (χ2n) is 6.61. The predicted octanol–water partition coefficient (Wildman–Crippen LogP) is 4.34. The summed E-state index contributed by atoms with van der Waals surface area (Å²) in [4.78, 5) is 13.4. The van der Waals surface area contributed by atoms with E-state index in [2.05, 4.69) is 15.9 Å². The van der Waals surface area contributed by atoms with Crippen molar-refractivity contribution in [2.45, 2.75) is 44.9 Å². The van der Waals surface area contributed by atoms with Crippen molar-refractivity contribution in [2.24, 2.45) is 0 Å². The number of halogens is 2. The van der Waals surface area contributed by atoms with Gasteiger partial charge in [-0.25, -0.2) is 9.18 Å². The minimum Gasteiger partial charge on any atom is -0.444 e. The van der Waals surface area contributed by atoms with E-state index in [9.17, 15) is 9.18 Å². The number of rotatable bonds is 2. The van der Waals surface area contributed by atoms with Gasteiger partial charge in [-0.05, 0) is 38.5 Å². The van der Waals surface area contributed by atoms with Gasteiger partial charge in [0.1, 0.15) is 11.3 Å².